The first-order valence-electron chi connectivity index (χ1n) is 5.85. The summed E-state index contributed by atoms with van der Waals surface area (Å²) in [6.07, 6.45) is -0.449. The minimum Gasteiger partial charge on any atom is -0.485 e. The molecule has 0 amide bonds. The fraction of sp³-hybridized carbons (Fsp3) is 0.308. The van der Waals surface area contributed by atoms with E-state index in [4.69, 9.17) is 14.2 Å². The van der Waals surface area contributed by atoms with Crippen molar-refractivity contribution in [3.8, 4) is 5.75 Å². The zero-order valence-electron chi connectivity index (χ0n) is 10.2. The van der Waals surface area contributed by atoms with Gasteiger partial charge in [0, 0.05) is 5.38 Å². The van der Waals surface area contributed by atoms with E-state index in [0.717, 1.165) is 20.9 Å². The van der Waals surface area contributed by atoms with Crippen molar-refractivity contribution in [3.63, 3.8) is 0 Å². The van der Waals surface area contributed by atoms with Crippen LogP contribution in [0.1, 0.15) is 23.9 Å². The number of para-hydroxylation sites is 1. The Labute approximate surface area is 123 Å². The molecule has 1 aliphatic heterocycles. The quantitative estimate of drug-likeness (QED) is 0.846. The molecule has 2 aromatic rings. The Kier molecular flexibility index (Phi) is 3.83. The van der Waals surface area contributed by atoms with E-state index in [-0.39, 0.29) is 12.6 Å². The highest BCUT2D eigenvalue weighted by atomic mass is 79.9. The molecule has 1 aromatic carbocycles. The Morgan fingerprint density at radius 3 is 2.89 bits per heavy atom. The lowest BCUT2D eigenvalue weighted by atomic mass is 10.3. The molecule has 0 spiro atoms. The molecule has 0 radical (unpaired) electrons. The van der Waals surface area contributed by atoms with Crippen molar-refractivity contribution in [2.75, 3.05) is 0 Å². The van der Waals surface area contributed by atoms with Gasteiger partial charge in [-0.3, -0.25) is 0 Å². The molecular formula is C13H12BrNO3S. The van der Waals surface area contributed by atoms with Gasteiger partial charge in [0.15, 0.2) is 6.29 Å². The zero-order valence-corrected chi connectivity index (χ0v) is 12.6. The highest BCUT2D eigenvalue weighted by molar-refractivity contribution is 9.10. The van der Waals surface area contributed by atoms with E-state index < -0.39 is 0 Å². The first-order chi connectivity index (χ1) is 9.22. The molecule has 0 atom stereocenters. The van der Waals surface area contributed by atoms with Crippen LogP contribution in [0.2, 0.25) is 0 Å². The second kappa shape index (κ2) is 5.58. The summed E-state index contributed by atoms with van der Waals surface area (Å²) in [5.74, 6) is 0.809. The molecular weight excluding hydrogens is 330 g/mol. The van der Waals surface area contributed by atoms with Gasteiger partial charge < -0.3 is 14.2 Å². The predicted molar refractivity (Wildman–Crippen MR) is 75.0 cm³/mol. The van der Waals surface area contributed by atoms with Gasteiger partial charge in [0.05, 0.1) is 4.47 Å². The van der Waals surface area contributed by atoms with Crippen molar-refractivity contribution < 1.29 is 14.2 Å². The third-order valence-electron chi connectivity index (χ3n) is 2.63. The number of ether oxygens (including phenoxy) is 3. The van der Waals surface area contributed by atoms with Crippen LogP contribution in [0.4, 0.5) is 0 Å². The van der Waals surface area contributed by atoms with Gasteiger partial charge in [-0.1, -0.05) is 12.1 Å². The average molecular weight is 342 g/mol. The molecule has 6 heteroatoms. The smallest absolute Gasteiger partial charge is 0.207 e. The Balaban J connectivity index is 1.60. The molecule has 0 N–H and O–H groups in total. The van der Waals surface area contributed by atoms with Gasteiger partial charge in [0.25, 0.3) is 0 Å². The molecule has 3 rings (SSSR count). The average Bonchev–Trinajstić information content (AvgIpc) is 2.82. The standard InChI is InChI=1S/C13H12BrNO3S/c1-8-17-13(18-8)10-7-19-12(15-10)6-16-11-5-3-2-4-9(11)14/h2-5,7-8,13H,6H2,1H3. The van der Waals surface area contributed by atoms with Crippen molar-refractivity contribution in [3.05, 3.63) is 44.8 Å². The monoisotopic (exact) mass is 341 g/mol. The fourth-order valence-electron chi connectivity index (χ4n) is 1.70. The molecule has 4 nitrogen and oxygen atoms in total. The van der Waals surface area contributed by atoms with E-state index in [1.165, 1.54) is 0 Å². The van der Waals surface area contributed by atoms with E-state index in [0.29, 0.717) is 6.61 Å². The van der Waals surface area contributed by atoms with Crippen LogP contribution in [0, 0.1) is 0 Å². The molecule has 19 heavy (non-hydrogen) atoms. The van der Waals surface area contributed by atoms with E-state index in [1.54, 1.807) is 11.3 Å². The number of aromatic nitrogens is 1. The maximum atomic E-state index is 5.71. The van der Waals surface area contributed by atoms with Gasteiger partial charge in [-0.05, 0) is 35.0 Å². The van der Waals surface area contributed by atoms with Crippen molar-refractivity contribution in [1.82, 2.24) is 4.98 Å². The van der Waals surface area contributed by atoms with E-state index in [1.807, 2.05) is 36.6 Å². The molecule has 0 aliphatic carbocycles. The topological polar surface area (TPSA) is 40.6 Å². The van der Waals surface area contributed by atoms with E-state index in [9.17, 15) is 0 Å². The minimum atomic E-state index is -0.316. The van der Waals surface area contributed by atoms with Crippen LogP contribution in [-0.2, 0) is 16.1 Å². The summed E-state index contributed by atoms with van der Waals surface area (Å²) in [5, 5.41) is 2.84. The highest BCUT2D eigenvalue weighted by Crippen LogP contribution is 2.32. The van der Waals surface area contributed by atoms with Crippen LogP contribution in [0.5, 0.6) is 5.75 Å². The van der Waals surface area contributed by atoms with Crippen LogP contribution < -0.4 is 4.74 Å². The van der Waals surface area contributed by atoms with Gasteiger partial charge in [0.2, 0.25) is 6.29 Å². The van der Waals surface area contributed by atoms with Crippen molar-refractivity contribution in [1.29, 1.82) is 0 Å². The number of hydrogen-bond donors (Lipinski definition) is 0. The maximum absolute atomic E-state index is 5.71. The third-order valence-corrected chi connectivity index (χ3v) is 4.12. The Hall–Kier alpha value is -0.950. The lowest BCUT2D eigenvalue weighted by molar-refractivity contribution is -0.383. The molecule has 0 bridgehead atoms. The van der Waals surface area contributed by atoms with Crippen molar-refractivity contribution in [2.45, 2.75) is 26.1 Å². The summed E-state index contributed by atoms with van der Waals surface area (Å²) in [7, 11) is 0. The normalized spacial score (nSPS) is 22.0. The van der Waals surface area contributed by atoms with Gasteiger partial charge in [-0.25, -0.2) is 4.98 Å². The largest absolute Gasteiger partial charge is 0.485 e. The van der Waals surface area contributed by atoms with Crippen LogP contribution in [0.25, 0.3) is 0 Å². The van der Waals surface area contributed by atoms with Crippen LogP contribution in [0.3, 0.4) is 0 Å². The summed E-state index contributed by atoms with van der Waals surface area (Å²) < 4.78 is 17.4. The molecule has 1 saturated heterocycles. The number of benzene rings is 1. The van der Waals surface area contributed by atoms with Crippen LogP contribution >= 0.6 is 27.3 Å². The summed E-state index contributed by atoms with van der Waals surface area (Å²) in [5.41, 5.74) is 0.814. The highest BCUT2D eigenvalue weighted by Gasteiger charge is 2.30. The maximum Gasteiger partial charge on any atom is 0.207 e. The van der Waals surface area contributed by atoms with Crippen LogP contribution in [0.15, 0.2) is 34.1 Å². The predicted octanol–water partition coefficient (Wildman–Crippen LogP) is 3.88. The minimum absolute atomic E-state index is 0.133. The SMILES string of the molecule is CC1OC(c2csc(COc3ccccc3Br)n2)O1. The lowest BCUT2D eigenvalue weighted by Crippen LogP contribution is -2.31. The van der Waals surface area contributed by atoms with Crippen molar-refractivity contribution >= 4 is 27.3 Å². The first kappa shape index (κ1) is 13.1. The Morgan fingerprint density at radius 1 is 1.37 bits per heavy atom. The van der Waals surface area contributed by atoms with Gasteiger partial charge in [-0.15, -0.1) is 11.3 Å². The van der Waals surface area contributed by atoms with Gasteiger partial charge in [0.1, 0.15) is 23.1 Å². The van der Waals surface area contributed by atoms with E-state index in [2.05, 4.69) is 20.9 Å². The molecule has 0 unspecified atom stereocenters. The molecule has 1 aromatic heterocycles. The summed E-state index contributed by atoms with van der Waals surface area (Å²) in [4.78, 5) is 4.44. The first-order valence-corrected chi connectivity index (χ1v) is 7.52. The van der Waals surface area contributed by atoms with Gasteiger partial charge in [-0.2, -0.15) is 0 Å². The number of hydrogen-bond acceptors (Lipinski definition) is 5. The zero-order chi connectivity index (χ0) is 13.2. The van der Waals surface area contributed by atoms with E-state index >= 15 is 0 Å². The lowest BCUT2D eigenvalue weighted by Gasteiger charge is -2.32. The summed E-state index contributed by atoms with van der Waals surface area (Å²) in [6, 6.07) is 7.74. The third kappa shape index (κ3) is 2.97. The summed E-state index contributed by atoms with van der Waals surface area (Å²) >= 11 is 4.99. The number of nitrogens with zero attached hydrogens (tertiary/aromatic N) is 1. The molecule has 1 aliphatic rings. The molecule has 100 valence electrons. The van der Waals surface area contributed by atoms with Crippen LogP contribution in [-0.4, -0.2) is 11.3 Å². The number of halogens is 1. The number of thiazole rings is 1. The van der Waals surface area contributed by atoms with Crippen molar-refractivity contribution in [2.24, 2.45) is 0 Å². The number of rotatable bonds is 4. The molecule has 1 fully saturated rings. The second-order valence-electron chi connectivity index (χ2n) is 4.06. The molecule has 2 heterocycles. The van der Waals surface area contributed by atoms with Gasteiger partial charge >= 0.3 is 0 Å². The molecule has 0 saturated carbocycles. The summed E-state index contributed by atoms with van der Waals surface area (Å²) in [6.45, 7) is 2.30. The second-order valence-corrected chi connectivity index (χ2v) is 5.85. The Bertz CT molecular complexity index is 569. The Morgan fingerprint density at radius 2 is 2.16 bits per heavy atom. The fourth-order valence-corrected chi connectivity index (χ4v) is 2.80.